The third kappa shape index (κ3) is 2.10. The van der Waals surface area contributed by atoms with Crippen LogP contribution < -0.4 is 16.9 Å². The molecule has 0 spiro atoms. The molecule has 1 atom stereocenters. The normalized spacial score (nSPS) is 12.7. The van der Waals surface area contributed by atoms with Crippen molar-refractivity contribution >= 4 is 27.0 Å². The quantitative estimate of drug-likeness (QED) is 0.619. The number of H-pyrrole nitrogens is 2. The highest BCUT2D eigenvalue weighted by Crippen LogP contribution is 2.28. The zero-order valence-corrected chi connectivity index (χ0v) is 11.7. The van der Waals surface area contributed by atoms with Gasteiger partial charge in [0.1, 0.15) is 0 Å². The molecule has 0 aliphatic carbocycles. The first-order valence-electron chi connectivity index (χ1n) is 5.81. The fraction of sp³-hybridized carbons (Fsp3) is 0.0769. The Hall–Kier alpha value is -2.12. The molecule has 1 aromatic carbocycles. The number of benzene rings is 1. The van der Waals surface area contributed by atoms with Crippen LogP contribution >= 0.6 is 15.9 Å². The molecule has 0 saturated heterocycles. The Kier molecular flexibility index (Phi) is 3.07. The van der Waals surface area contributed by atoms with E-state index in [9.17, 15) is 9.59 Å². The van der Waals surface area contributed by atoms with Gasteiger partial charge in [-0.25, -0.2) is 0 Å². The summed E-state index contributed by atoms with van der Waals surface area (Å²) in [5.41, 5.74) is 7.48. The fourth-order valence-corrected chi connectivity index (χ4v) is 2.52. The van der Waals surface area contributed by atoms with Crippen LogP contribution in [0.25, 0.3) is 11.0 Å². The van der Waals surface area contributed by atoms with Gasteiger partial charge in [0.25, 0.3) is 0 Å². The molecule has 0 amide bonds. The van der Waals surface area contributed by atoms with Crippen molar-refractivity contribution in [2.45, 2.75) is 6.04 Å². The molecule has 20 heavy (non-hydrogen) atoms. The molecule has 3 rings (SSSR count). The molecular weight excluding hydrogens is 326 g/mol. The molecule has 0 fully saturated rings. The molecular formula is C13H10BrN3O3. The zero-order valence-electron chi connectivity index (χ0n) is 10.1. The molecule has 0 saturated carbocycles. The van der Waals surface area contributed by atoms with E-state index in [1.54, 1.807) is 30.5 Å². The summed E-state index contributed by atoms with van der Waals surface area (Å²) in [6.45, 7) is 0. The minimum atomic E-state index is -0.687. The average molecular weight is 336 g/mol. The maximum absolute atomic E-state index is 11.3. The van der Waals surface area contributed by atoms with Gasteiger partial charge < -0.3 is 20.1 Å². The largest absolute Gasteiger partial charge is 0.457 e. The fourth-order valence-electron chi connectivity index (χ4n) is 2.03. The molecule has 0 aliphatic rings. The summed E-state index contributed by atoms with van der Waals surface area (Å²) in [6.07, 6.45) is 1.54. The van der Waals surface area contributed by atoms with E-state index in [2.05, 4.69) is 25.9 Å². The maximum atomic E-state index is 11.3. The Morgan fingerprint density at radius 2 is 1.80 bits per heavy atom. The Labute approximate surface area is 120 Å². The first-order valence-corrected chi connectivity index (χ1v) is 6.60. The molecule has 2 heterocycles. The Bertz CT molecular complexity index is 894. The second-order valence-electron chi connectivity index (χ2n) is 4.34. The highest BCUT2D eigenvalue weighted by atomic mass is 79.9. The van der Waals surface area contributed by atoms with Crippen molar-refractivity contribution in [2.75, 3.05) is 0 Å². The van der Waals surface area contributed by atoms with E-state index in [4.69, 9.17) is 10.2 Å². The molecule has 3 aromatic rings. The van der Waals surface area contributed by atoms with E-state index in [-0.39, 0.29) is 0 Å². The van der Waals surface area contributed by atoms with Crippen molar-refractivity contribution in [3.63, 3.8) is 0 Å². The van der Waals surface area contributed by atoms with Gasteiger partial charge >= 0.3 is 11.1 Å². The van der Waals surface area contributed by atoms with Crippen LogP contribution in [0.1, 0.15) is 17.2 Å². The van der Waals surface area contributed by atoms with E-state index in [1.807, 2.05) is 0 Å². The number of furan rings is 1. The average Bonchev–Trinajstić information content (AvgIpc) is 2.85. The summed E-state index contributed by atoms with van der Waals surface area (Å²) in [4.78, 5) is 27.6. The number of hydrogen-bond acceptors (Lipinski definition) is 4. The minimum absolute atomic E-state index is 0.400. The summed E-state index contributed by atoms with van der Waals surface area (Å²) in [5.74, 6) is 0. The summed E-state index contributed by atoms with van der Waals surface area (Å²) in [6, 6.07) is 6.60. The van der Waals surface area contributed by atoms with Crippen LogP contribution in [0, 0.1) is 0 Å². The number of fused-ring (bicyclic) bond motifs is 1. The summed E-state index contributed by atoms with van der Waals surface area (Å²) in [5, 5.41) is 0. The number of aromatic nitrogens is 2. The van der Waals surface area contributed by atoms with Crippen LogP contribution in [-0.2, 0) is 0 Å². The van der Waals surface area contributed by atoms with Crippen LogP contribution in [0.5, 0.6) is 0 Å². The number of aromatic amines is 2. The Morgan fingerprint density at radius 1 is 1.10 bits per heavy atom. The van der Waals surface area contributed by atoms with Crippen LogP contribution in [-0.4, -0.2) is 9.97 Å². The summed E-state index contributed by atoms with van der Waals surface area (Å²) < 4.78 is 5.73. The Morgan fingerprint density at radius 3 is 2.45 bits per heavy atom. The number of nitrogens with two attached hydrogens (primary N) is 1. The first kappa shape index (κ1) is 12.9. The lowest BCUT2D eigenvalue weighted by atomic mass is 10.0. The van der Waals surface area contributed by atoms with Crippen molar-refractivity contribution in [1.82, 2.24) is 9.97 Å². The maximum Gasteiger partial charge on any atom is 0.314 e. The van der Waals surface area contributed by atoms with Crippen molar-refractivity contribution in [3.05, 3.63) is 67.0 Å². The number of hydrogen-bond donors (Lipinski definition) is 3. The van der Waals surface area contributed by atoms with E-state index in [0.717, 1.165) is 11.1 Å². The lowest BCUT2D eigenvalue weighted by Crippen LogP contribution is -2.29. The smallest absolute Gasteiger partial charge is 0.314 e. The van der Waals surface area contributed by atoms with E-state index in [0.29, 0.717) is 15.7 Å². The molecule has 4 N–H and O–H groups in total. The highest BCUT2D eigenvalue weighted by molar-refractivity contribution is 9.10. The van der Waals surface area contributed by atoms with Gasteiger partial charge in [0.2, 0.25) is 0 Å². The standard InChI is InChI=1S/C13H10BrN3O3/c14-11-7(3-4-20-11)10(15)6-1-2-8-9(5-6)17-13(19)12(18)16-8/h1-5,10H,15H2,(H,16,18)(H,17,19). The topological polar surface area (TPSA) is 105 Å². The lowest BCUT2D eigenvalue weighted by Gasteiger charge is -2.11. The predicted molar refractivity (Wildman–Crippen MR) is 77.6 cm³/mol. The second kappa shape index (κ2) is 4.77. The van der Waals surface area contributed by atoms with Crippen LogP contribution in [0.15, 0.2) is 49.2 Å². The summed E-state index contributed by atoms with van der Waals surface area (Å²) in [7, 11) is 0. The lowest BCUT2D eigenvalue weighted by molar-refractivity contribution is 0.534. The van der Waals surface area contributed by atoms with Crippen molar-refractivity contribution in [1.29, 1.82) is 0 Å². The van der Waals surface area contributed by atoms with Gasteiger partial charge in [-0.2, -0.15) is 0 Å². The highest BCUT2D eigenvalue weighted by Gasteiger charge is 2.15. The van der Waals surface area contributed by atoms with E-state index >= 15 is 0 Å². The molecule has 7 heteroatoms. The van der Waals surface area contributed by atoms with Gasteiger partial charge in [-0.1, -0.05) is 6.07 Å². The van der Waals surface area contributed by atoms with Crippen LogP contribution in [0.4, 0.5) is 0 Å². The number of nitrogens with one attached hydrogen (secondary N) is 2. The van der Waals surface area contributed by atoms with Gasteiger partial charge in [-0.15, -0.1) is 0 Å². The molecule has 2 aromatic heterocycles. The van der Waals surface area contributed by atoms with Gasteiger partial charge in [0.15, 0.2) is 4.67 Å². The molecule has 102 valence electrons. The molecule has 0 bridgehead atoms. The zero-order chi connectivity index (χ0) is 14.3. The minimum Gasteiger partial charge on any atom is -0.457 e. The monoisotopic (exact) mass is 335 g/mol. The second-order valence-corrected chi connectivity index (χ2v) is 5.06. The van der Waals surface area contributed by atoms with E-state index < -0.39 is 17.2 Å². The third-order valence-corrected chi connectivity index (χ3v) is 3.73. The van der Waals surface area contributed by atoms with Crippen molar-refractivity contribution < 1.29 is 4.42 Å². The van der Waals surface area contributed by atoms with Crippen LogP contribution in [0.3, 0.4) is 0 Å². The third-order valence-electron chi connectivity index (χ3n) is 3.09. The molecule has 6 nitrogen and oxygen atoms in total. The van der Waals surface area contributed by atoms with Gasteiger partial charge in [-0.05, 0) is 39.7 Å². The summed E-state index contributed by atoms with van der Waals surface area (Å²) >= 11 is 3.28. The SMILES string of the molecule is NC(c1ccc2[nH]c(=O)c(=O)[nH]c2c1)c1ccoc1Br. The van der Waals surface area contributed by atoms with Crippen LogP contribution in [0.2, 0.25) is 0 Å². The number of rotatable bonds is 2. The van der Waals surface area contributed by atoms with Gasteiger partial charge in [0.05, 0.1) is 23.3 Å². The van der Waals surface area contributed by atoms with Gasteiger partial charge in [-0.3, -0.25) is 9.59 Å². The molecule has 0 aliphatic heterocycles. The molecule has 0 radical (unpaired) electrons. The first-order chi connectivity index (χ1) is 9.56. The van der Waals surface area contributed by atoms with Crippen molar-refractivity contribution in [2.24, 2.45) is 5.73 Å². The number of halogens is 1. The van der Waals surface area contributed by atoms with Crippen molar-refractivity contribution in [3.8, 4) is 0 Å². The van der Waals surface area contributed by atoms with Gasteiger partial charge in [0, 0.05) is 5.56 Å². The molecule has 1 unspecified atom stereocenters. The van der Waals surface area contributed by atoms with E-state index in [1.165, 1.54) is 0 Å². The predicted octanol–water partition coefficient (Wildman–Crippen LogP) is 1.62. The Balaban J connectivity index is 2.14.